The molecule has 0 aliphatic carbocycles. The summed E-state index contributed by atoms with van der Waals surface area (Å²) in [6.07, 6.45) is 0. The molecule has 206 valence electrons. The van der Waals surface area contributed by atoms with Crippen molar-refractivity contribution < 1.29 is 31.5 Å². The van der Waals surface area contributed by atoms with E-state index in [-0.39, 0.29) is 26.9 Å². The molecule has 0 saturated carbocycles. The Morgan fingerprint density at radius 2 is 1.57 bits per heavy atom. The summed E-state index contributed by atoms with van der Waals surface area (Å²) in [5.41, 5.74) is -0.271. The number of nitrogens with one attached hydrogen (secondary N) is 3. The monoisotopic (exact) mass is 605 g/mol. The molecular weight excluding hydrogens is 587 g/mol. The second-order valence-electron chi connectivity index (χ2n) is 8.16. The molecule has 0 saturated heterocycles. The lowest BCUT2D eigenvalue weighted by Crippen LogP contribution is -2.33. The number of para-hydroxylation sites is 1. The van der Waals surface area contributed by atoms with Gasteiger partial charge in [-0.15, -0.1) is 0 Å². The fourth-order valence-corrected chi connectivity index (χ4v) is 4.80. The van der Waals surface area contributed by atoms with E-state index in [0.29, 0.717) is 16.5 Å². The number of halogens is 4. The molecule has 0 spiro atoms. The minimum Gasteiger partial charge on any atom is -0.456 e. The molecule has 4 rings (SSSR count). The van der Waals surface area contributed by atoms with Gasteiger partial charge in [0.15, 0.2) is 11.6 Å². The fourth-order valence-electron chi connectivity index (χ4n) is 3.37. The highest BCUT2D eigenvalue weighted by Gasteiger charge is 2.20. The lowest BCUT2D eigenvalue weighted by molar-refractivity contribution is -0.115. The summed E-state index contributed by atoms with van der Waals surface area (Å²) < 4.78 is 60.5. The Morgan fingerprint density at radius 3 is 2.27 bits per heavy atom. The molecule has 0 aliphatic heterocycles. The maximum atomic E-state index is 13.4. The van der Waals surface area contributed by atoms with E-state index < -0.39 is 40.0 Å². The molecule has 0 aromatic heterocycles. The van der Waals surface area contributed by atoms with Crippen molar-refractivity contribution in [2.45, 2.75) is 4.90 Å². The van der Waals surface area contributed by atoms with Crippen molar-refractivity contribution in [3.05, 3.63) is 112 Å². The molecule has 0 atom stereocenters. The zero-order valence-electron chi connectivity index (χ0n) is 20.3. The maximum Gasteiger partial charge on any atom is 0.261 e. The van der Waals surface area contributed by atoms with Gasteiger partial charge in [0.1, 0.15) is 11.5 Å². The Morgan fingerprint density at radius 1 is 0.850 bits per heavy atom. The van der Waals surface area contributed by atoms with Gasteiger partial charge in [-0.1, -0.05) is 35.3 Å². The van der Waals surface area contributed by atoms with Gasteiger partial charge in [0.25, 0.3) is 15.9 Å². The van der Waals surface area contributed by atoms with Crippen LogP contribution in [0.3, 0.4) is 0 Å². The zero-order valence-corrected chi connectivity index (χ0v) is 22.6. The summed E-state index contributed by atoms with van der Waals surface area (Å²) in [7, 11) is -4.16. The van der Waals surface area contributed by atoms with Crippen LogP contribution in [-0.4, -0.2) is 26.8 Å². The van der Waals surface area contributed by atoms with Gasteiger partial charge in [-0.2, -0.15) is 0 Å². The molecule has 13 heteroatoms. The quantitative estimate of drug-likeness (QED) is 0.209. The number of sulfonamides is 1. The van der Waals surface area contributed by atoms with Gasteiger partial charge < -0.3 is 15.4 Å². The minimum absolute atomic E-state index is 0.0161. The van der Waals surface area contributed by atoms with Gasteiger partial charge in [-0.25, -0.2) is 17.2 Å². The first-order chi connectivity index (χ1) is 19.0. The molecule has 8 nitrogen and oxygen atoms in total. The minimum atomic E-state index is -4.16. The van der Waals surface area contributed by atoms with Gasteiger partial charge >= 0.3 is 0 Å². The molecule has 2 amide bonds. The summed E-state index contributed by atoms with van der Waals surface area (Å²) in [5.74, 6) is -3.04. The molecule has 0 unspecified atom stereocenters. The number of hydrogen-bond acceptors (Lipinski definition) is 5. The highest BCUT2D eigenvalue weighted by Crippen LogP contribution is 2.30. The van der Waals surface area contributed by atoms with Crippen LogP contribution in [0.5, 0.6) is 11.5 Å². The van der Waals surface area contributed by atoms with Gasteiger partial charge in [0.05, 0.1) is 27.7 Å². The number of carbonyl (C=O) groups is 2. The van der Waals surface area contributed by atoms with Crippen molar-refractivity contribution >= 4 is 56.4 Å². The van der Waals surface area contributed by atoms with Gasteiger partial charge in [-0.05, 0) is 66.7 Å². The van der Waals surface area contributed by atoms with Crippen LogP contribution in [-0.2, 0) is 14.8 Å². The van der Waals surface area contributed by atoms with E-state index in [9.17, 15) is 26.8 Å². The summed E-state index contributed by atoms with van der Waals surface area (Å²) in [6, 6.07) is 19.0. The molecule has 0 bridgehead atoms. The van der Waals surface area contributed by atoms with Crippen molar-refractivity contribution in [2.24, 2.45) is 0 Å². The summed E-state index contributed by atoms with van der Waals surface area (Å²) in [5, 5.41) is 5.17. The lowest BCUT2D eigenvalue weighted by atomic mass is 10.1. The molecular formula is C27H19Cl2F2N3O5S. The number of benzene rings is 4. The summed E-state index contributed by atoms with van der Waals surface area (Å²) in [4.78, 5) is 24.9. The van der Waals surface area contributed by atoms with E-state index in [1.54, 1.807) is 24.3 Å². The van der Waals surface area contributed by atoms with Crippen molar-refractivity contribution in [3.8, 4) is 11.5 Å². The lowest BCUT2D eigenvalue weighted by Gasteiger charge is -2.14. The van der Waals surface area contributed by atoms with Crippen molar-refractivity contribution in [1.29, 1.82) is 0 Å². The topological polar surface area (TPSA) is 114 Å². The third-order valence-electron chi connectivity index (χ3n) is 5.28. The SMILES string of the molecule is O=C(CNC(=O)c1cc(Cl)ccc1NS(=O)(=O)c1ccc(Oc2ccccc2Cl)cc1)Nc1ccc(F)c(F)c1. The number of ether oxygens (including phenoxy) is 1. The van der Waals surface area contributed by atoms with Crippen molar-refractivity contribution in [3.63, 3.8) is 0 Å². The van der Waals surface area contributed by atoms with E-state index in [0.717, 1.165) is 18.2 Å². The number of rotatable bonds is 9. The normalized spacial score (nSPS) is 11.0. The smallest absolute Gasteiger partial charge is 0.261 e. The molecule has 0 radical (unpaired) electrons. The number of hydrogen-bond donors (Lipinski definition) is 3. The number of carbonyl (C=O) groups excluding carboxylic acids is 2. The van der Waals surface area contributed by atoms with E-state index >= 15 is 0 Å². The molecule has 4 aromatic carbocycles. The Labute approximate surface area is 237 Å². The average Bonchev–Trinajstić information content (AvgIpc) is 2.92. The predicted molar refractivity (Wildman–Crippen MR) is 148 cm³/mol. The first-order valence-electron chi connectivity index (χ1n) is 11.4. The van der Waals surface area contributed by atoms with Crippen LogP contribution in [0.4, 0.5) is 20.2 Å². The highest BCUT2D eigenvalue weighted by molar-refractivity contribution is 7.92. The molecule has 0 fully saturated rings. The predicted octanol–water partition coefficient (Wildman–Crippen LogP) is 6.23. The maximum absolute atomic E-state index is 13.4. The zero-order chi connectivity index (χ0) is 28.9. The Balaban J connectivity index is 1.44. The van der Waals surface area contributed by atoms with Crippen LogP contribution in [0, 0.1) is 11.6 Å². The van der Waals surface area contributed by atoms with Crippen molar-refractivity contribution in [2.75, 3.05) is 16.6 Å². The third kappa shape index (κ3) is 7.26. The molecule has 0 heterocycles. The van der Waals surface area contributed by atoms with Gasteiger partial charge in [0, 0.05) is 16.8 Å². The summed E-state index contributed by atoms with van der Waals surface area (Å²) in [6.45, 7) is -0.552. The summed E-state index contributed by atoms with van der Waals surface area (Å²) >= 11 is 12.1. The fraction of sp³-hybridized carbons (Fsp3) is 0.0370. The van der Waals surface area contributed by atoms with Crippen LogP contribution >= 0.6 is 23.2 Å². The number of amides is 2. The van der Waals surface area contributed by atoms with E-state index in [1.165, 1.54) is 42.5 Å². The Bertz CT molecular complexity index is 1690. The van der Waals surface area contributed by atoms with Gasteiger partial charge in [0.2, 0.25) is 5.91 Å². The number of anilines is 2. The van der Waals surface area contributed by atoms with Crippen LogP contribution in [0.15, 0.2) is 89.8 Å². The van der Waals surface area contributed by atoms with Crippen LogP contribution in [0.2, 0.25) is 10.0 Å². The van der Waals surface area contributed by atoms with Crippen LogP contribution in [0.25, 0.3) is 0 Å². The van der Waals surface area contributed by atoms with E-state index in [4.69, 9.17) is 27.9 Å². The second-order valence-corrected chi connectivity index (χ2v) is 10.7. The molecule has 4 aromatic rings. The Hall–Kier alpha value is -4.19. The van der Waals surface area contributed by atoms with Crippen LogP contribution in [0.1, 0.15) is 10.4 Å². The second kappa shape index (κ2) is 12.3. The standard InChI is InChI=1S/C27H19Cl2F2N3O5S/c28-16-5-12-24(20(13-16)27(36)32-15-26(35)33-17-6-11-22(30)23(31)14-17)34-40(37,38)19-9-7-18(8-10-19)39-25-4-2-1-3-21(25)29/h1-14,34H,15H2,(H,32,36)(H,33,35). The van der Waals surface area contributed by atoms with Gasteiger partial charge in [-0.3, -0.25) is 14.3 Å². The first kappa shape index (κ1) is 28.8. The van der Waals surface area contributed by atoms with E-state index in [2.05, 4.69) is 15.4 Å². The van der Waals surface area contributed by atoms with Crippen LogP contribution < -0.4 is 20.1 Å². The average molecular weight is 606 g/mol. The molecule has 40 heavy (non-hydrogen) atoms. The highest BCUT2D eigenvalue weighted by atomic mass is 35.5. The largest absolute Gasteiger partial charge is 0.456 e. The molecule has 0 aliphatic rings. The third-order valence-corrected chi connectivity index (χ3v) is 7.21. The first-order valence-corrected chi connectivity index (χ1v) is 13.6. The van der Waals surface area contributed by atoms with Crippen molar-refractivity contribution in [1.82, 2.24) is 5.32 Å². The van der Waals surface area contributed by atoms with E-state index in [1.807, 2.05) is 0 Å². The molecule has 3 N–H and O–H groups in total. The Kier molecular flexibility index (Phi) is 8.88.